The molecule has 0 atom stereocenters. The van der Waals surface area contributed by atoms with Gasteiger partial charge in [-0.2, -0.15) is 19.0 Å². The second-order valence-electron chi connectivity index (χ2n) is 3.25. The Labute approximate surface area is 147 Å². The molecule has 0 heterocycles. The zero-order chi connectivity index (χ0) is 14.0. The maximum Gasteiger partial charge on any atom is 1.00 e. The number of carbonyl (C=O) groups excluding carboxylic acids is 1. The summed E-state index contributed by atoms with van der Waals surface area (Å²) in [5.41, 5.74) is -1.32. The van der Waals surface area contributed by atoms with Crippen LogP contribution in [0.2, 0.25) is 0 Å². The van der Waals surface area contributed by atoms with E-state index in [1.54, 1.807) is 0 Å². The fourth-order valence-corrected chi connectivity index (χ4v) is 1.03. The third kappa shape index (κ3) is 6.63. The Morgan fingerprint density at radius 1 is 1.05 bits per heavy atom. The second kappa shape index (κ2) is 6.95. The normalized spacial score (nSPS) is 11.1. The molecule has 96 valence electrons. The van der Waals surface area contributed by atoms with Crippen LogP contribution in [0.3, 0.4) is 0 Å². The number of ketones is 1. The maximum atomic E-state index is 12.2. The van der Waals surface area contributed by atoms with Gasteiger partial charge in [0.15, 0.2) is 0 Å². The number of carbonyl (C=O) groups is 1. The Bertz CT molecular complexity index is 508. The molecule has 1 aromatic rings. The molecular weight excluding hydrogens is 300 g/mol. The van der Waals surface area contributed by atoms with Crippen LogP contribution in [0.25, 0.3) is 0 Å². The van der Waals surface area contributed by atoms with Crippen molar-refractivity contribution in [2.75, 3.05) is 0 Å². The van der Waals surface area contributed by atoms with Crippen LogP contribution in [0, 0.1) is 11.7 Å². The Morgan fingerprint density at radius 3 is 1.89 bits per heavy atom. The molecule has 0 unspecified atom stereocenters. The number of hydrogen-bond donors (Lipinski definition) is 0. The second-order valence-corrected chi connectivity index (χ2v) is 3.25. The standard InChI is InChI=1S/C10H4BF6O.K/c12-10(13,14)8-3-1-7(2-4-8)9(18)5-6-11(15,16)17;/h1-4H;/q-1;+1. The largest absolute Gasteiger partial charge is 1.00 e. The average molecular weight is 304 g/mol. The van der Waals surface area contributed by atoms with Crippen molar-refractivity contribution in [3.63, 3.8) is 0 Å². The summed E-state index contributed by atoms with van der Waals surface area (Å²) < 4.78 is 71.7. The Kier molecular flexibility index (Phi) is 6.85. The van der Waals surface area contributed by atoms with Gasteiger partial charge in [0.05, 0.1) is 5.56 Å². The van der Waals surface area contributed by atoms with Gasteiger partial charge in [-0.25, -0.2) is 0 Å². The van der Waals surface area contributed by atoms with E-state index in [1.807, 2.05) is 0 Å². The summed E-state index contributed by atoms with van der Waals surface area (Å²) in [5, 5.41) is 0. The van der Waals surface area contributed by atoms with Gasteiger partial charge in [0.1, 0.15) is 0 Å². The molecule has 0 amide bonds. The first-order valence-electron chi connectivity index (χ1n) is 4.54. The number of hydrogen-bond acceptors (Lipinski definition) is 1. The minimum absolute atomic E-state index is 0. The topological polar surface area (TPSA) is 17.1 Å². The first-order chi connectivity index (χ1) is 8.09. The van der Waals surface area contributed by atoms with Gasteiger partial charge >= 0.3 is 64.5 Å². The molecule has 0 aliphatic heterocycles. The van der Waals surface area contributed by atoms with Crippen LogP contribution >= 0.6 is 0 Å². The van der Waals surface area contributed by atoms with Gasteiger partial charge in [-0.1, -0.05) is 5.92 Å². The SMILES string of the molecule is O=C(C#C[B-](F)(F)F)c1ccc(C(F)(F)F)cc1.[K+]. The number of rotatable bonds is 1. The predicted octanol–water partition coefficient (Wildman–Crippen LogP) is 0.282. The summed E-state index contributed by atoms with van der Waals surface area (Å²) in [6.07, 6.45) is -4.57. The van der Waals surface area contributed by atoms with E-state index < -0.39 is 24.5 Å². The van der Waals surface area contributed by atoms with E-state index in [2.05, 4.69) is 0 Å². The fraction of sp³-hybridized carbons (Fsp3) is 0.100. The molecule has 1 nitrogen and oxygen atoms in total. The van der Waals surface area contributed by atoms with Crippen LogP contribution in [-0.4, -0.2) is 12.8 Å². The minimum Gasteiger partial charge on any atom is -0.438 e. The maximum absolute atomic E-state index is 12.2. The third-order valence-electron chi connectivity index (χ3n) is 1.82. The Hall–Kier alpha value is -0.269. The zero-order valence-electron chi connectivity index (χ0n) is 9.56. The molecule has 0 aromatic heterocycles. The van der Waals surface area contributed by atoms with Crippen LogP contribution in [0.1, 0.15) is 15.9 Å². The van der Waals surface area contributed by atoms with Gasteiger partial charge < -0.3 is 12.9 Å². The van der Waals surface area contributed by atoms with Gasteiger partial charge in [0.25, 0.3) is 0 Å². The van der Waals surface area contributed by atoms with Crippen molar-refractivity contribution in [3.05, 3.63) is 35.4 Å². The van der Waals surface area contributed by atoms with Crippen molar-refractivity contribution >= 4 is 12.8 Å². The first-order valence-corrected chi connectivity index (χ1v) is 4.54. The summed E-state index contributed by atoms with van der Waals surface area (Å²) in [7, 11) is 0. The Morgan fingerprint density at radius 2 is 1.53 bits per heavy atom. The molecule has 0 saturated carbocycles. The van der Waals surface area contributed by atoms with Crippen LogP contribution in [0.5, 0.6) is 0 Å². The van der Waals surface area contributed by atoms with Crippen molar-refractivity contribution < 1.29 is 82.3 Å². The van der Waals surface area contributed by atoms with Crippen molar-refractivity contribution in [1.82, 2.24) is 0 Å². The first kappa shape index (κ1) is 18.7. The summed E-state index contributed by atoms with van der Waals surface area (Å²) >= 11 is 0. The fourth-order valence-electron chi connectivity index (χ4n) is 1.03. The van der Waals surface area contributed by atoms with E-state index in [9.17, 15) is 30.9 Å². The molecule has 0 radical (unpaired) electrons. The smallest absolute Gasteiger partial charge is 0.438 e. The van der Waals surface area contributed by atoms with Gasteiger partial charge in [-0.15, -0.1) is 0 Å². The summed E-state index contributed by atoms with van der Waals surface area (Å²) in [6.45, 7) is -5.42. The van der Waals surface area contributed by atoms with Gasteiger partial charge in [-0.05, 0) is 24.3 Å². The average Bonchev–Trinajstić information content (AvgIpc) is 2.24. The van der Waals surface area contributed by atoms with Crippen molar-refractivity contribution in [3.8, 4) is 11.7 Å². The molecule has 1 aromatic carbocycles. The molecule has 0 saturated heterocycles. The van der Waals surface area contributed by atoms with Crippen molar-refractivity contribution in [2.45, 2.75) is 6.18 Å². The predicted molar refractivity (Wildman–Crippen MR) is 52.6 cm³/mol. The molecule has 1 rings (SSSR count). The zero-order valence-corrected chi connectivity index (χ0v) is 12.7. The number of alkyl halides is 3. The molecule has 19 heavy (non-hydrogen) atoms. The molecule has 0 aliphatic carbocycles. The van der Waals surface area contributed by atoms with E-state index >= 15 is 0 Å². The monoisotopic (exact) mass is 304 g/mol. The van der Waals surface area contributed by atoms with Crippen molar-refractivity contribution in [1.29, 1.82) is 0 Å². The molecule has 0 aliphatic rings. The quantitative estimate of drug-likeness (QED) is 0.315. The van der Waals surface area contributed by atoms with Gasteiger partial charge in [0.2, 0.25) is 5.78 Å². The number of halogens is 6. The Balaban J connectivity index is 0.00000324. The van der Waals surface area contributed by atoms with E-state index in [1.165, 1.54) is 5.92 Å². The molecule has 9 heteroatoms. The van der Waals surface area contributed by atoms with Gasteiger partial charge in [-0.3, -0.25) is 4.79 Å². The molecule has 0 N–H and O–H groups in total. The summed E-state index contributed by atoms with van der Waals surface area (Å²) in [6, 6.07) is 2.77. The molecule has 0 bridgehead atoms. The van der Waals surface area contributed by atoms with E-state index in [4.69, 9.17) is 0 Å². The van der Waals surface area contributed by atoms with Crippen LogP contribution in [0.4, 0.5) is 26.1 Å². The van der Waals surface area contributed by atoms with Crippen molar-refractivity contribution in [2.24, 2.45) is 0 Å². The molecular formula is C10H4BF6KO. The molecule has 0 fully saturated rings. The number of Topliss-reactive ketones (excluding diaryl/α,β-unsaturated/α-hetero) is 1. The summed E-state index contributed by atoms with van der Waals surface area (Å²) in [4.78, 5) is 11.1. The third-order valence-corrected chi connectivity index (χ3v) is 1.82. The van der Waals surface area contributed by atoms with Crippen LogP contribution in [-0.2, 0) is 6.18 Å². The van der Waals surface area contributed by atoms with Crippen LogP contribution in [0.15, 0.2) is 24.3 Å². The van der Waals surface area contributed by atoms with Gasteiger partial charge in [0, 0.05) is 5.56 Å². The summed E-state index contributed by atoms with van der Waals surface area (Å²) in [5.74, 6) is 0.958. The molecule has 0 spiro atoms. The van der Waals surface area contributed by atoms with E-state index in [0.717, 1.165) is 18.0 Å². The number of benzene rings is 1. The van der Waals surface area contributed by atoms with Crippen LogP contribution < -0.4 is 51.4 Å². The minimum atomic E-state index is -5.42. The van der Waals surface area contributed by atoms with E-state index in [-0.39, 0.29) is 56.9 Å². The van der Waals surface area contributed by atoms with E-state index in [0.29, 0.717) is 12.1 Å².